The Balaban J connectivity index is 1.83. The zero-order valence-electron chi connectivity index (χ0n) is 10.3. The fraction of sp³-hybridized carbons (Fsp3) is 0.385. The zero-order valence-corrected chi connectivity index (χ0v) is 11.1. The summed E-state index contributed by atoms with van der Waals surface area (Å²) in [7, 11) is 0. The Morgan fingerprint density at radius 2 is 2.17 bits per heavy atom. The third kappa shape index (κ3) is 3.78. The lowest BCUT2D eigenvalue weighted by Gasteiger charge is -2.01. The summed E-state index contributed by atoms with van der Waals surface area (Å²) in [6.07, 6.45) is 8.94. The van der Waals surface area contributed by atoms with Crippen molar-refractivity contribution in [3.63, 3.8) is 0 Å². The average molecular weight is 262 g/mol. The quantitative estimate of drug-likeness (QED) is 0.753. The second-order valence-corrected chi connectivity index (χ2v) is 5.08. The minimum atomic E-state index is 0.780. The van der Waals surface area contributed by atoms with Gasteiger partial charge >= 0.3 is 0 Å². The molecule has 0 spiro atoms. The lowest BCUT2D eigenvalue weighted by molar-refractivity contribution is 0.707. The van der Waals surface area contributed by atoms with Crippen LogP contribution in [0.1, 0.15) is 19.3 Å². The Morgan fingerprint density at radius 1 is 1.22 bits per heavy atom. The normalized spacial score (nSPS) is 10.5. The molecule has 4 nitrogen and oxygen atoms in total. The number of pyridine rings is 1. The van der Waals surface area contributed by atoms with E-state index in [2.05, 4.69) is 15.3 Å². The first kappa shape index (κ1) is 13.0. The number of anilines is 1. The van der Waals surface area contributed by atoms with E-state index in [1.165, 1.54) is 6.42 Å². The van der Waals surface area contributed by atoms with Crippen LogP contribution in [0.3, 0.4) is 0 Å². The van der Waals surface area contributed by atoms with Crippen molar-refractivity contribution in [2.24, 2.45) is 5.73 Å². The second kappa shape index (κ2) is 7.08. The second-order valence-electron chi connectivity index (χ2n) is 4.05. The van der Waals surface area contributed by atoms with Gasteiger partial charge in [0, 0.05) is 30.7 Å². The van der Waals surface area contributed by atoms with Gasteiger partial charge in [-0.25, -0.2) is 4.98 Å². The summed E-state index contributed by atoms with van der Waals surface area (Å²) in [4.78, 5) is 9.62. The van der Waals surface area contributed by atoms with Crippen molar-refractivity contribution in [2.45, 2.75) is 19.3 Å². The molecule has 2 rings (SSSR count). The maximum atomic E-state index is 5.45. The van der Waals surface area contributed by atoms with Gasteiger partial charge in [0.05, 0.1) is 4.88 Å². The summed E-state index contributed by atoms with van der Waals surface area (Å²) in [5, 5.41) is 4.31. The van der Waals surface area contributed by atoms with Crippen molar-refractivity contribution >= 4 is 16.5 Å². The Morgan fingerprint density at radius 3 is 2.94 bits per heavy atom. The predicted octanol–water partition coefficient (Wildman–Crippen LogP) is 2.75. The molecule has 0 fully saturated rings. The number of nitrogens with two attached hydrogens (primary N) is 1. The van der Waals surface area contributed by atoms with Crippen molar-refractivity contribution in [1.82, 2.24) is 9.97 Å². The maximum Gasteiger partial charge on any atom is 0.183 e. The van der Waals surface area contributed by atoms with Gasteiger partial charge in [0.1, 0.15) is 0 Å². The zero-order chi connectivity index (χ0) is 12.6. The van der Waals surface area contributed by atoms with Crippen LogP contribution in [0, 0.1) is 0 Å². The van der Waals surface area contributed by atoms with Gasteiger partial charge < -0.3 is 11.1 Å². The molecular weight excluding hydrogens is 244 g/mol. The first-order valence-electron chi connectivity index (χ1n) is 6.20. The van der Waals surface area contributed by atoms with E-state index in [9.17, 15) is 0 Å². The predicted molar refractivity (Wildman–Crippen MR) is 76.7 cm³/mol. The Bertz CT molecular complexity index is 455. The summed E-state index contributed by atoms with van der Waals surface area (Å²) in [5.41, 5.74) is 6.57. The van der Waals surface area contributed by atoms with Gasteiger partial charge in [-0.1, -0.05) is 23.8 Å². The molecule has 0 aromatic carbocycles. The molecule has 2 aromatic rings. The van der Waals surface area contributed by atoms with Crippen molar-refractivity contribution in [1.29, 1.82) is 0 Å². The fourth-order valence-corrected chi connectivity index (χ4v) is 2.47. The van der Waals surface area contributed by atoms with E-state index in [1.54, 1.807) is 17.5 Å². The van der Waals surface area contributed by atoms with E-state index in [0.29, 0.717) is 0 Å². The van der Waals surface area contributed by atoms with Crippen molar-refractivity contribution in [3.8, 4) is 10.4 Å². The molecule has 2 aromatic heterocycles. The van der Waals surface area contributed by atoms with Gasteiger partial charge in [0.2, 0.25) is 0 Å². The Hall–Kier alpha value is -1.46. The van der Waals surface area contributed by atoms with E-state index in [-0.39, 0.29) is 0 Å². The van der Waals surface area contributed by atoms with Crippen molar-refractivity contribution in [2.75, 3.05) is 18.4 Å². The smallest absolute Gasteiger partial charge is 0.183 e. The van der Waals surface area contributed by atoms with Crippen LogP contribution in [-0.4, -0.2) is 23.1 Å². The monoisotopic (exact) mass is 262 g/mol. The van der Waals surface area contributed by atoms with Crippen LogP contribution in [0.15, 0.2) is 30.7 Å². The lowest BCUT2D eigenvalue weighted by Crippen LogP contribution is -2.03. The number of thiazole rings is 1. The van der Waals surface area contributed by atoms with Crippen LogP contribution in [0.4, 0.5) is 5.13 Å². The highest BCUT2D eigenvalue weighted by Gasteiger charge is 2.03. The average Bonchev–Trinajstić information content (AvgIpc) is 2.88. The molecule has 5 heteroatoms. The molecule has 0 saturated heterocycles. The first-order valence-corrected chi connectivity index (χ1v) is 7.02. The highest BCUT2D eigenvalue weighted by Crippen LogP contribution is 2.27. The molecule has 3 N–H and O–H groups in total. The van der Waals surface area contributed by atoms with E-state index >= 15 is 0 Å². The van der Waals surface area contributed by atoms with Crippen molar-refractivity contribution < 1.29 is 0 Å². The molecule has 0 aliphatic carbocycles. The molecule has 0 bridgehead atoms. The molecular formula is C13H18N4S. The first-order chi connectivity index (χ1) is 8.90. The van der Waals surface area contributed by atoms with E-state index in [1.807, 2.05) is 24.5 Å². The van der Waals surface area contributed by atoms with E-state index < -0.39 is 0 Å². The minimum Gasteiger partial charge on any atom is -0.362 e. The summed E-state index contributed by atoms with van der Waals surface area (Å²) < 4.78 is 0. The lowest BCUT2D eigenvalue weighted by atomic mass is 10.2. The Labute approximate surface area is 111 Å². The number of rotatable bonds is 7. The molecule has 2 heterocycles. The molecule has 18 heavy (non-hydrogen) atoms. The number of nitrogens with one attached hydrogen (secondary N) is 1. The molecule has 0 amide bonds. The third-order valence-corrected chi connectivity index (χ3v) is 3.61. The number of aromatic nitrogens is 2. The fourth-order valence-electron chi connectivity index (χ4n) is 1.64. The maximum absolute atomic E-state index is 5.45. The van der Waals surface area contributed by atoms with Gasteiger partial charge in [0.15, 0.2) is 5.13 Å². The SMILES string of the molecule is NCCCCCNc1ncc(-c2cccnc2)s1. The number of unbranched alkanes of at least 4 members (excludes halogenated alkanes) is 2. The summed E-state index contributed by atoms with van der Waals surface area (Å²) in [5.74, 6) is 0. The van der Waals surface area contributed by atoms with Crippen LogP contribution < -0.4 is 11.1 Å². The third-order valence-electron chi connectivity index (χ3n) is 2.61. The van der Waals surface area contributed by atoms with Gasteiger partial charge in [-0.05, 0) is 25.5 Å². The highest BCUT2D eigenvalue weighted by atomic mass is 32.1. The summed E-state index contributed by atoms with van der Waals surface area (Å²) in [6, 6.07) is 3.99. The van der Waals surface area contributed by atoms with Crippen LogP contribution in [0.25, 0.3) is 10.4 Å². The van der Waals surface area contributed by atoms with Gasteiger partial charge in [-0.3, -0.25) is 4.98 Å². The molecule has 0 unspecified atom stereocenters. The van der Waals surface area contributed by atoms with Gasteiger partial charge in [-0.15, -0.1) is 0 Å². The van der Waals surface area contributed by atoms with E-state index in [4.69, 9.17) is 5.73 Å². The standard InChI is InChI=1S/C13H18N4S/c14-6-2-1-3-8-16-13-17-10-12(18-13)11-5-4-7-15-9-11/h4-5,7,9-10H,1-3,6,8,14H2,(H,16,17). The topological polar surface area (TPSA) is 63.8 Å². The van der Waals surface area contributed by atoms with Crippen molar-refractivity contribution in [3.05, 3.63) is 30.7 Å². The summed E-state index contributed by atoms with van der Waals surface area (Å²) in [6.45, 7) is 1.74. The number of hydrogen-bond donors (Lipinski definition) is 2. The Kier molecular flexibility index (Phi) is 5.11. The molecule has 0 aliphatic rings. The minimum absolute atomic E-state index is 0.780. The van der Waals surface area contributed by atoms with Crippen LogP contribution >= 0.6 is 11.3 Å². The molecule has 0 atom stereocenters. The number of nitrogens with zero attached hydrogens (tertiary/aromatic N) is 2. The number of hydrogen-bond acceptors (Lipinski definition) is 5. The molecule has 0 saturated carbocycles. The molecule has 0 aliphatic heterocycles. The van der Waals surface area contributed by atoms with Crippen LogP contribution in [0.2, 0.25) is 0 Å². The van der Waals surface area contributed by atoms with E-state index in [0.717, 1.165) is 41.5 Å². The van der Waals surface area contributed by atoms with Gasteiger partial charge in [-0.2, -0.15) is 0 Å². The molecule has 96 valence electrons. The molecule has 0 radical (unpaired) electrons. The largest absolute Gasteiger partial charge is 0.362 e. The summed E-state index contributed by atoms with van der Waals surface area (Å²) >= 11 is 1.66. The van der Waals surface area contributed by atoms with Crippen LogP contribution in [0.5, 0.6) is 0 Å². The highest BCUT2D eigenvalue weighted by molar-refractivity contribution is 7.18. The van der Waals surface area contributed by atoms with Gasteiger partial charge in [0.25, 0.3) is 0 Å². The van der Waals surface area contributed by atoms with Crippen LogP contribution in [-0.2, 0) is 0 Å².